The van der Waals surface area contributed by atoms with Gasteiger partial charge < -0.3 is 14.7 Å². The van der Waals surface area contributed by atoms with Gasteiger partial charge in [0.2, 0.25) is 15.9 Å². The molecule has 1 aliphatic carbocycles. The van der Waals surface area contributed by atoms with Gasteiger partial charge in [0.05, 0.1) is 24.9 Å². The molecule has 1 N–H and O–H groups in total. The molecule has 0 radical (unpaired) electrons. The molecule has 3 fully saturated rings. The minimum atomic E-state index is -3.26. The minimum absolute atomic E-state index is 0.0310. The van der Waals surface area contributed by atoms with E-state index in [4.69, 9.17) is 4.74 Å². The fraction of sp³-hybridized carbons (Fsp3) is 0.941. The molecule has 0 aromatic rings. The lowest BCUT2D eigenvalue weighted by Crippen LogP contribution is -2.48. The molecule has 2 aliphatic heterocycles. The molecule has 1 spiro atoms. The maximum Gasteiger partial charge on any atom is 0.225 e. The predicted molar refractivity (Wildman–Crippen MR) is 93.5 cm³/mol. The molecule has 25 heavy (non-hydrogen) atoms. The number of likely N-dealkylation sites (tertiary alicyclic amines) is 1. The number of sulfonamides is 1. The standard InChI is InChI=1S/C17H30N2O5S/c1-24-12-14-10-16(13-19(14)25(2,22)23)6-8-18(9-7-16)15(20)11-17(21)4-3-5-17/h14,21H,3-13H2,1-2H3. The van der Waals surface area contributed by atoms with E-state index >= 15 is 0 Å². The van der Waals surface area contributed by atoms with Crippen LogP contribution in [0, 0.1) is 5.41 Å². The van der Waals surface area contributed by atoms with Crippen molar-refractivity contribution in [3.8, 4) is 0 Å². The summed E-state index contributed by atoms with van der Waals surface area (Å²) in [4.78, 5) is 14.3. The van der Waals surface area contributed by atoms with Crippen molar-refractivity contribution in [2.75, 3.05) is 39.6 Å². The van der Waals surface area contributed by atoms with Crippen LogP contribution in [-0.4, -0.2) is 79.9 Å². The Morgan fingerprint density at radius 1 is 1.24 bits per heavy atom. The van der Waals surface area contributed by atoms with Crippen LogP contribution < -0.4 is 0 Å². The third-order valence-electron chi connectivity index (χ3n) is 6.29. The van der Waals surface area contributed by atoms with Gasteiger partial charge in [-0.15, -0.1) is 0 Å². The zero-order valence-corrected chi connectivity index (χ0v) is 16.1. The van der Waals surface area contributed by atoms with Gasteiger partial charge in [-0.25, -0.2) is 8.42 Å². The summed E-state index contributed by atoms with van der Waals surface area (Å²) in [5.74, 6) is 0.0310. The molecule has 0 bridgehead atoms. The summed E-state index contributed by atoms with van der Waals surface area (Å²) in [6.45, 7) is 2.22. The molecular weight excluding hydrogens is 344 g/mol. The van der Waals surface area contributed by atoms with Gasteiger partial charge >= 0.3 is 0 Å². The first-order valence-corrected chi connectivity index (χ1v) is 11.0. The van der Waals surface area contributed by atoms with Crippen molar-refractivity contribution in [2.24, 2.45) is 5.41 Å². The molecule has 1 atom stereocenters. The first kappa shape index (κ1) is 19.1. The van der Waals surface area contributed by atoms with Crippen molar-refractivity contribution in [3.63, 3.8) is 0 Å². The monoisotopic (exact) mass is 374 g/mol. The number of carbonyl (C=O) groups excluding carboxylic acids is 1. The average molecular weight is 375 g/mol. The Hall–Kier alpha value is -0.700. The van der Waals surface area contributed by atoms with E-state index in [1.54, 1.807) is 11.4 Å². The Labute approximate surface area is 150 Å². The lowest BCUT2D eigenvalue weighted by atomic mass is 9.75. The van der Waals surface area contributed by atoms with Crippen molar-refractivity contribution in [3.05, 3.63) is 0 Å². The van der Waals surface area contributed by atoms with Crippen LogP contribution in [0.5, 0.6) is 0 Å². The summed E-state index contributed by atoms with van der Waals surface area (Å²) in [7, 11) is -1.66. The molecule has 7 nitrogen and oxygen atoms in total. The number of hydrogen-bond donors (Lipinski definition) is 1. The van der Waals surface area contributed by atoms with E-state index in [1.807, 2.05) is 4.90 Å². The van der Waals surface area contributed by atoms with E-state index in [0.29, 0.717) is 26.2 Å². The van der Waals surface area contributed by atoms with Crippen LogP contribution in [0.3, 0.4) is 0 Å². The van der Waals surface area contributed by atoms with E-state index in [9.17, 15) is 18.3 Å². The Balaban J connectivity index is 1.60. The van der Waals surface area contributed by atoms with E-state index in [-0.39, 0.29) is 23.8 Å². The van der Waals surface area contributed by atoms with Gasteiger partial charge in [-0.1, -0.05) is 0 Å². The summed E-state index contributed by atoms with van der Waals surface area (Å²) in [6.07, 6.45) is 6.33. The molecule has 1 saturated carbocycles. The number of amides is 1. The summed E-state index contributed by atoms with van der Waals surface area (Å²) >= 11 is 0. The van der Waals surface area contributed by atoms with Crippen LogP contribution >= 0.6 is 0 Å². The van der Waals surface area contributed by atoms with Gasteiger partial charge in [0, 0.05) is 32.8 Å². The molecule has 8 heteroatoms. The number of carbonyl (C=O) groups is 1. The molecule has 2 saturated heterocycles. The molecule has 3 aliphatic rings. The van der Waals surface area contributed by atoms with Gasteiger partial charge in [-0.05, 0) is 43.9 Å². The third kappa shape index (κ3) is 4.02. The van der Waals surface area contributed by atoms with Crippen molar-refractivity contribution < 1.29 is 23.1 Å². The fourth-order valence-corrected chi connectivity index (χ4v) is 5.78. The second-order valence-electron chi connectivity index (χ2n) is 8.26. The Morgan fingerprint density at radius 3 is 2.36 bits per heavy atom. The van der Waals surface area contributed by atoms with Crippen LogP contribution in [0.4, 0.5) is 0 Å². The molecule has 1 unspecified atom stereocenters. The largest absolute Gasteiger partial charge is 0.389 e. The first-order chi connectivity index (χ1) is 11.7. The highest BCUT2D eigenvalue weighted by Gasteiger charge is 2.49. The molecule has 144 valence electrons. The van der Waals surface area contributed by atoms with Gasteiger partial charge in [0.1, 0.15) is 0 Å². The smallest absolute Gasteiger partial charge is 0.225 e. The second-order valence-corrected chi connectivity index (χ2v) is 10.2. The van der Waals surface area contributed by atoms with Gasteiger partial charge in [-0.3, -0.25) is 4.79 Å². The number of ether oxygens (including phenoxy) is 1. The SMILES string of the molecule is COCC1CC2(CCN(C(=O)CC3(O)CCC3)CC2)CN1S(C)(=O)=O. The number of rotatable bonds is 5. The number of aliphatic hydroxyl groups is 1. The Bertz CT molecular complexity index is 609. The summed E-state index contributed by atoms with van der Waals surface area (Å²) in [6, 6.07) is -0.113. The molecule has 0 aromatic carbocycles. The van der Waals surface area contributed by atoms with E-state index in [1.165, 1.54) is 6.26 Å². The summed E-state index contributed by atoms with van der Waals surface area (Å²) < 4.78 is 31.0. The number of hydrogen-bond acceptors (Lipinski definition) is 5. The molecule has 3 rings (SSSR count). The van der Waals surface area contributed by atoms with Gasteiger partial charge in [0.15, 0.2) is 0 Å². The minimum Gasteiger partial charge on any atom is -0.389 e. The average Bonchev–Trinajstić information content (AvgIpc) is 2.85. The molecular formula is C17H30N2O5S. The lowest BCUT2D eigenvalue weighted by molar-refractivity contribution is -0.142. The van der Waals surface area contributed by atoms with Crippen molar-refractivity contribution in [1.82, 2.24) is 9.21 Å². The van der Waals surface area contributed by atoms with Gasteiger partial charge in [0.25, 0.3) is 0 Å². The van der Waals surface area contributed by atoms with Crippen LogP contribution in [0.2, 0.25) is 0 Å². The second kappa shape index (κ2) is 6.79. The normalized spacial score (nSPS) is 28.9. The van der Waals surface area contributed by atoms with Crippen LogP contribution in [0.1, 0.15) is 44.9 Å². The topological polar surface area (TPSA) is 87.2 Å². The van der Waals surface area contributed by atoms with E-state index in [0.717, 1.165) is 38.5 Å². The highest BCUT2D eigenvalue weighted by atomic mass is 32.2. The van der Waals surface area contributed by atoms with Gasteiger partial charge in [-0.2, -0.15) is 4.31 Å². The number of nitrogens with zero attached hydrogens (tertiary/aromatic N) is 2. The summed E-state index contributed by atoms with van der Waals surface area (Å²) in [5, 5.41) is 10.2. The van der Waals surface area contributed by atoms with Crippen molar-refractivity contribution in [1.29, 1.82) is 0 Å². The zero-order chi connectivity index (χ0) is 18.3. The fourth-order valence-electron chi connectivity index (χ4n) is 4.60. The first-order valence-electron chi connectivity index (χ1n) is 9.12. The maximum absolute atomic E-state index is 12.4. The van der Waals surface area contributed by atoms with Crippen LogP contribution in [0.25, 0.3) is 0 Å². The highest BCUT2D eigenvalue weighted by Crippen LogP contribution is 2.45. The number of methoxy groups -OCH3 is 1. The number of piperidine rings is 1. The van der Waals surface area contributed by atoms with Crippen molar-refractivity contribution in [2.45, 2.75) is 56.6 Å². The quantitative estimate of drug-likeness (QED) is 0.761. The highest BCUT2D eigenvalue weighted by molar-refractivity contribution is 7.88. The predicted octanol–water partition coefficient (Wildman–Crippen LogP) is 0.581. The molecule has 1 amide bonds. The lowest BCUT2D eigenvalue weighted by Gasteiger charge is -2.42. The van der Waals surface area contributed by atoms with Crippen molar-refractivity contribution >= 4 is 15.9 Å². The Morgan fingerprint density at radius 2 is 1.88 bits per heavy atom. The molecule has 2 heterocycles. The van der Waals surface area contributed by atoms with Crippen LogP contribution in [0.15, 0.2) is 0 Å². The van der Waals surface area contributed by atoms with E-state index in [2.05, 4.69) is 0 Å². The Kier molecular flexibility index (Phi) is 5.18. The third-order valence-corrected chi connectivity index (χ3v) is 7.57. The zero-order valence-electron chi connectivity index (χ0n) is 15.2. The maximum atomic E-state index is 12.4. The molecule has 0 aromatic heterocycles. The van der Waals surface area contributed by atoms with Crippen LogP contribution in [-0.2, 0) is 19.6 Å². The summed E-state index contributed by atoms with van der Waals surface area (Å²) in [5.41, 5.74) is -0.841. The van der Waals surface area contributed by atoms with E-state index < -0.39 is 15.6 Å².